The highest BCUT2D eigenvalue weighted by atomic mass is 16.3. The van der Waals surface area contributed by atoms with E-state index < -0.39 is 0 Å². The molecule has 0 heterocycles. The summed E-state index contributed by atoms with van der Waals surface area (Å²) in [6, 6.07) is 8.74. The average molecular weight is 216 g/mol. The lowest BCUT2D eigenvalue weighted by Gasteiger charge is -2.13. The van der Waals surface area contributed by atoms with E-state index in [0.717, 1.165) is 11.5 Å². The highest BCUT2D eigenvalue weighted by molar-refractivity contribution is 5.28. The van der Waals surface area contributed by atoms with Crippen molar-refractivity contribution in [3.63, 3.8) is 0 Å². The van der Waals surface area contributed by atoms with E-state index in [4.69, 9.17) is 0 Å². The van der Waals surface area contributed by atoms with E-state index >= 15 is 0 Å². The summed E-state index contributed by atoms with van der Waals surface area (Å²) >= 11 is 0. The summed E-state index contributed by atoms with van der Waals surface area (Å²) < 4.78 is 0. The van der Waals surface area contributed by atoms with Gasteiger partial charge in [0.05, 0.1) is 6.10 Å². The van der Waals surface area contributed by atoms with Crippen LogP contribution in [0.25, 0.3) is 0 Å². The minimum Gasteiger partial charge on any atom is -0.388 e. The number of hydrogen-bond acceptors (Lipinski definition) is 1. The Hall–Kier alpha value is -0.820. The first-order chi connectivity index (χ1) is 7.84. The summed E-state index contributed by atoms with van der Waals surface area (Å²) in [4.78, 5) is 0. The molecule has 0 bridgehead atoms. The largest absolute Gasteiger partial charge is 0.388 e. The van der Waals surface area contributed by atoms with Crippen molar-refractivity contribution in [2.75, 3.05) is 0 Å². The van der Waals surface area contributed by atoms with Gasteiger partial charge in [-0.15, -0.1) is 0 Å². The van der Waals surface area contributed by atoms with Gasteiger partial charge in [0.2, 0.25) is 0 Å². The van der Waals surface area contributed by atoms with E-state index in [1.807, 2.05) is 0 Å². The van der Waals surface area contributed by atoms with Crippen LogP contribution >= 0.6 is 0 Å². The van der Waals surface area contributed by atoms with Crippen LogP contribution < -0.4 is 0 Å². The van der Waals surface area contributed by atoms with Gasteiger partial charge in [-0.25, -0.2) is 0 Å². The molecule has 2 aliphatic rings. The summed E-state index contributed by atoms with van der Waals surface area (Å²) in [6.45, 7) is 0. The van der Waals surface area contributed by atoms with Crippen LogP contribution in [0.5, 0.6) is 0 Å². The normalized spacial score (nSPS) is 23.6. The van der Waals surface area contributed by atoms with E-state index in [9.17, 15) is 5.11 Å². The number of benzene rings is 1. The first-order valence-corrected chi connectivity index (χ1v) is 6.62. The Labute approximate surface area is 97.5 Å². The van der Waals surface area contributed by atoms with Crippen LogP contribution in [-0.2, 0) is 0 Å². The highest BCUT2D eigenvalue weighted by Crippen LogP contribution is 2.41. The van der Waals surface area contributed by atoms with Crippen molar-refractivity contribution < 1.29 is 5.11 Å². The van der Waals surface area contributed by atoms with E-state index in [1.54, 1.807) is 0 Å². The summed E-state index contributed by atoms with van der Waals surface area (Å²) in [5, 5.41) is 10.0. The predicted molar refractivity (Wildman–Crippen MR) is 65.3 cm³/mol. The third-order valence-corrected chi connectivity index (χ3v) is 4.17. The van der Waals surface area contributed by atoms with Gasteiger partial charge in [-0.05, 0) is 48.6 Å². The first-order valence-electron chi connectivity index (χ1n) is 6.62. The summed E-state index contributed by atoms with van der Waals surface area (Å²) in [5.41, 5.74) is 2.59. The van der Waals surface area contributed by atoms with E-state index in [1.165, 1.54) is 44.1 Å². The second-order valence-corrected chi connectivity index (χ2v) is 5.43. The Morgan fingerprint density at radius 3 is 2.12 bits per heavy atom. The number of rotatable bonds is 3. The molecule has 1 N–H and O–H groups in total. The minimum atomic E-state index is -0.211. The molecule has 1 aromatic rings. The molecule has 16 heavy (non-hydrogen) atoms. The van der Waals surface area contributed by atoms with Gasteiger partial charge in [-0.3, -0.25) is 0 Å². The monoisotopic (exact) mass is 216 g/mol. The highest BCUT2D eigenvalue weighted by Gasteiger charge is 2.30. The van der Waals surface area contributed by atoms with Gasteiger partial charge >= 0.3 is 0 Å². The van der Waals surface area contributed by atoms with Gasteiger partial charge in [0.25, 0.3) is 0 Å². The first kappa shape index (κ1) is 10.3. The number of aliphatic hydroxyl groups is 1. The summed E-state index contributed by atoms with van der Waals surface area (Å²) in [7, 11) is 0. The van der Waals surface area contributed by atoms with Crippen molar-refractivity contribution in [1.29, 1.82) is 0 Å². The molecule has 3 rings (SSSR count). The van der Waals surface area contributed by atoms with Crippen LogP contribution in [0.1, 0.15) is 61.7 Å². The maximum absolute atomic E-state index is 10.0. The minimum absolute atomic E-state index is 0.211. The van der Waals surface area contributed by atoms with Gasteiger partial charge in [-0.1, -0.05) is 37.1 Å². The Morgan fingerprint density at radius 2 is 1.56 bits per heavy atom. The van der Waals surface area contributed by atoms with Crippen molar-refractivity contribution in [2.24, 2.45) is 5.92 Å². The predicted octanol–water partition coefficient (Wildman–Crippen LogP) is 3.79. The van der Waals surface area contributed by atoms with Crippen molar-refractivity contribution in [3.05, 3.63) is 35.4 Å². The molecule has 1 atom stereocenters. The molecule has 0 radical (unpaired) electrons. The lowest BCUT2D eigenvalue weighted by atomic mass is 9.95. The number of hydrogen-bond donors (Lipinski definition) is 1. The zero-order chi connectivity index (χ0) is 11.0. The molecule has 0 spiro atoms. The van der Waals surface area contributed by atoms with Crippen molar-refractivity contribution in [3.8, 4) is 0 Å². The molecule has 0 amide bonds. The molecule has 1 nitrogen and oxygen atoms in total. The second kappa shape index (κ2) is 4.21. The fraction of sp³-hybridized carbons (Fsp3) is 0.600. The molecule has 0 saturated heterocycles. The van der Waals surface area contributed by atoms with Gasteiger partial charge in [0.15, 0.2) is 0 Å². The fourth-order valence-electron chi connectivity index (χ4n) is 2.91. The maximum Gasteiger partial charge on any atom is 0.0818 e. The molecule has 1 unspecified atom stereocenters. The van der Waals surface area contributed by atoms with Crippen molar-refractivity contribution in [2.45, 2.75) is 50.5 Å². The van der Waals surface area contributed by atoms with Gasteiger partial charge in [0.1, 0.15) is 0 Å². The smallest absolute Gasteiger partial charge is 0.0818 e. The van der Waals surface area contributed by atoms with E-state index in [2.05, 4.69) is 24.3 Å². The Morgan fingerprint density at radius 1 is 0.938 bits per heavy atom. The molecule has 86 valence electrons. The molecule has 2 saturated carbocycles. The lowest BCUT2D eigenvalue weighted by molar-refractivity contribution is 0.154. The summed E-state index contributed by atoms with van der Waals surface area (Å²) in [6.07, 6.45) is 7.66. The van der Waals surface area contributed by atoms with Gasteiger partial charge < -0.3 is 5.11 Å². The molecule has 0 aliphatic heterocycles. The van der Waals surface area contributed by atoms with Crippen LogP contribution in [0.4, 0.5) is 0 Å². The third-order valence-electron chi connectivity index (χ3n) is 4.17. The zero-order valence-corrected chi connectivity index (χ0v) is 9.73. The quantitative estimate of drug-likeness (QED) is 0.815. The standard InChI is InChI=1S/C15H20O/c16-15(14-9-10-14)13-7-5-12(6-8-13)11-3-1-2-4-11/h5-8,11,14-16H,1-4,9-10H2. The summed E-state index contributed by atoms with van der Waals surface area (Å²) in [5.74, 6) is 1.32. The second-order valence-electron chi connectivity index (χ2n) is 5.43. The Bertz CT molecular complexity index is 323. The van der Waals surface area contributed by atoms with Gasteiger partial charge in [-0.2, -0.15) is 0 Å². The molecule has 2 aliphatic carbocycles. The average Bonchev–Trinajstić information content (AvgIpc) is 3.04. The topological polar surface area (TPSA) is 20.2 Å². The Balaban J connectivity index is 1.73. The van der Waals surface area contributed by atoms with Crippen molar-refractivity contribution in [1.82, 2.24) is 0 Å². The molecular weight excluding hydrogens is 196 g/mol. The van der Waals surface area contributed by atoms with Crippen LogP contribution in [-0.4, -0.2) is 5.11 Å². The SMILES string of the molecule is OC(c1ccc(C2CCCC2)cc1)C1CC1. The third kappa shape index (κ3) is 2.01. The lowest BCUT2D eigenvalue weighted by Crippen LogP contribution is -2.00. The van der Waals surface area contributed by atoms with Crippen LogP contribution in [0, 0.1) is 5.92 Å². The zero-order valence-electron chi connectivity index (χ0n) is 9.73. The molecule has 1 aromatic carbocycles. The Kier molecular flexibility index (Phi) is 2.72. The molecule has 1 heteroatoms. The fourth-order valence-corrected chi connectivity index (χ4v) is 2.91. The van der Waals surface area contributed by atoms with Crippen LogP contribution in [0.3, 0.4) is 0 Å². The van der Waals surface area contributed by atoms with E-state index in [-0.39, 0.29) is 6.10 Å². The molecule has 0 aromatic heterocycles. The van der Waals surface area contributed by atoms with Gasteiger partial charge in [0, 0.05) is 0 Å². The maximum atomic E-state index is 10.0. The van der Waals surface area contributed by atoms with Crippen molar-refractivity contribution >= 4 is 0 Å². The van der Waals surface area contributed by atoms with Crippen LogP contribution in [0.15, 0.2) is 24.3 Å². The van der Waals surface area contributed by atoms with E-state index in [0.29, 0.717) is 5.92 Å². The molecule has 2 fully saturated rings. The van der Waals surface area contributed by atoms with Crippen LogP contribution in [0.2, 0.25) is 0 Å². The molecular formula is C15H20O. The number of aliphatic hydroxyl groups excluding tert-OH is 1.